The summed E-state index contributed by atoms with van der Waals surface area (Å²) in [7, 11) is 1.48. The van der Waals surface area contributed by atoms with Gasteiger partial charge in [0.1, 0.15) is 6.61 Å². The van der Waals surface area contributed by atoms with Gasteiger partial charge in [-0.3, -0.25) is 0 Å². The third-order valence-corrected chi connectivity index (χ3v) is 3.89. The van der Waals surface area contributed by atoms with Gasteiger partial charge in [0, 0.05) is 15.6 Å². The van der Waals surface area contributed by atoms with E-state index in [-0.39, 0.29) is 6.61 Å². The van der Waals surface area contributed by atoms with Crippen LogP contribution in [0.3, 0.4) is 0 Å². The van der Waals surface area contributed by atoms with Crippen molar-refractivity contribution in [2.75, 3.05) is 7.11 Å². The molecular formula is C16H14Cl3N3O3. The smallest absolute Gasteiger partial charge is 0.332 e. The molecule has 0 aliphatic carbocycles. The van der Waals surface area contributed by atoms with Gasteiger partial charge in [0.05, 0.1) is 18.3 Å². The molecule has 0 aliphatic rings. The Labute approximate surface area is 159 Å². The number of hydrogen-bond acceptors (Lipinski definition) is 4. The molecule has 0 unspecified atom stereocenters. The Balaban J connectivity index is 2.19. The third kappa shape index (κ3) is 5.42. The van der Waals surface area contributed by atoms with Crippen molar-refractivity contribution in [3.8, 4) is 11.5 Å². The van der Waals surface area contributed by atoms with Crippen molar-refractivity contribution < 1.29 is 14.3 Å². The summed E-state index contributed by atoms with van der Waals surface area (Å²) < 4.78 is 11.0. The Morgan fingerprint density at radius 2 is 2.00 bits per heavy atom. The highest BCUT2D eigenvalue weighted by Crippen LogP contribution is 2.37. The number of benzene rings is 2. The van der Waals surface area contributed by atoms with Crippen molar-refractivity contribution in [2.45, 2.75) is 6.61 Å². The van der Waals surface area contributed by atoms with Crippen LogP contribution in [0.15, 0.2) is 35.4 Å². The van der Waals surface area contributed by atoms with E-state index in [9.17, 15) is 4.79 Å². The monoisotopic (exact) mass is 401 g/mol. The van der Waals surface area contributed by atoms with Crippen LogP contribution in [-0.4, -0.2) is 19.4 Å². The second-order valence-corrected chi connectivity index (χ2v) is 6.04. The molecule has 0 radical (unpaired) electrons. The number of carbonyl (C=O) groups is 1. The number of nitrogens with one attached hydrogen (secondary N) is 1. The van der Waals surface area contributed by atoms with Crippen LogP contribution < -0.4 is 20.6 Å². The van der Waals surface area contributed by atoms with E-state index in [4.69, 9.17) is 50.0 Å². The molecule has 0 saturated carbocycles. The highest BCUT2D eigenvalue weighted by Gasteiger charge is 2.13. The summed E-state index contributed by atoms with van der Waals surface area (Å²) in [6, 6.07) is 7.60. The van der Waals surface area contributed by atoms with Crippen molar-refractivity contribution in [1.29, 1.82) is 0 Å². The van der Waals surface area contributed by atoms with Crippen LogP contribution in [0.5, 0.6) is 11.5 Å². The number of primary amides is 1. The van der Waals surface area contributed by atoms with Crippen molar-refractivity contribution in [1.82, 2.24) is 5.43 Å². The van der Waals surface area contributed by atoms with Crippen LogP contribution in [0.2, 0.25) is 15.1 Å². The predicted molar refractivity (Wildman–Crippen MR) is 99.1 cm³/mol. The van der Waals surface area contributed by atoms with Gasteiger partial charge >= 0.3 is 6.03 Å². The minimum absolute atomic E-state index is 0.183. The van der Waals surface area contributed by atoms with E-state index in [0.717, 1.165) is 5.56 Å². The SMILES string of the molecule is COc1cc(/C=N/NC(N)=O)cc(Cl)c1OCc1ccc(Cl)cc1Cl. The Hall–Kier alpha value is -2.15. The molecule has 25 heavy (non-hydrogen) atoms. The summed E-state index contributed by atoms with van der Waals surface area (Å²) in [4.78, 5) is 10.6. The van der Waals surface area contributed by atoms with E-state index >= 15 is 0 Å². The van der Waals surface area contributed by atoms with Gasteiger partial charge in [-0.2, -0.15) is 5.10 Å². The van der Waals surface area contributed by atoms with Crippen molar-refractivity contribution in [2.24, 2.45) is 10.8 Å². The van der Waals surface area contributed by atoms with E-state index in [1.807, 2.05) is 0 Å². The zero-order valence-corrected chi connectivity index (χ0v) is 15.3. The van der Waals surface area contributed by atoms with Crippen molar-refractivity contribution in [3.63, 3.8) is 0 Å². The maximum absolute atomic E-state index is 10.6. The van der Waals surface area contributed by atoms with Gasteiger partial charge in [-0.05, 0) is 29.8 Å². The molecule has 2 aromatic carbocycles. The largest absolute Gasteiger partial charge is 0.493 e. The molecule has 0 fully saturated rings. The number of carbonyl (C=O) groups excluding carboxylic acids is 1. The lowest BCUT2D eigenvalue weighted by molar-refractivity contribution is 0.249. The molecule has 0 aromatic heterocycles. The number of methoxy groups -OCH3 is 1. The first kappa shape index (κ1) is 19.2. The molecule has 0 bridgehead atoms. The van der Waals surface area contributed by atoms with Gasteiger partial charge < -0.3 is 15.2 Å². The van der Waals surface area contributed by atoms with Crippen LogP contribution in [-0.2, 0) is 6.61 Å². The fourth-order valence-electron chi connectivity index (χ4n) is 1.91. The van der Waals surface area contributed by atoms with Gasteiger partial charge in [-0.15, -0.1) is 0 Å². The van der Waals surface area contributed by atoms with Gasteiger partial charge in [0.2, 0.25) is 0 Å². The number of urea groups is 1. The summed E-state index contributed by atoms with van der Waals surface area (Å²) in [5.41, 5.74) is 8.36. The van der Waals surface area contributed by atoms with Gasteiger partial charge in [-0.1, -0.05) is 40.9 Å². The van der Waals surface area contributed by atoms with Crippen LogP contribution >= 0.6 is 34.8 Å². The molecule has 0 aliphatic heterocycles. The van der Waals surface area contributed by atoms with E-state index in [1.165, 1.54) is 13.3 Å². The number of amides is 2. The molecule has 0 saturated heterocycles. The van der Waals surface area contributed by atoms with Gasteiger partial charge in [0.25, 0.3) is 0 Å². The molecule has 2 rings (SSSR count). The lowest BCUT2D eigenvalue weighted by Crippen LogP contribution is -2.24. The molecule has 2 amide bonds. The quantitative estimate of drug-likeness (QED) is 0.560. The molecular weight excluding hydrogens is 389 g/mol. The maximum atomic E-state index is 10.6. The number of nitrogens with two attached hydrogens (primary N) is 1. The third-order valence-electron chi connectivity index (χ3n) is 3.03. The van der Waals surface area contributed by atoms with Crippen LogP contribution in [0, 0.1) is 0 Å². The second-order valence-electron chi connectivity index (χ2n) is 4.79. The summed E-state index contributed by atoms with van der Waals surface area (Å²) in [6.45, 7) is 0.183. The molecule has 9 heteroatoms. The normalized spacial score (nSPS) is 10.7. The lowest BCUT2D eigenvalue weighted by atomic mass is 10.2. The topological polar surface area (TPSA) is 85.9 Å². The number of hydrogen-bond donors (Lipinski definition) is 2. The first-order chi connectivity index (χ1) is 11.9. The minimum atomic E-state index is -0.769. The summed E-state index contributed by atoms with van der Waals surface area (Å²) in [5.74, 6) is 0.758. The standard InChI is InChI=1S/C16H14Cl3N3O3/c1-24-14-5-9(7-21-22-16(20)23)4-13(19)15(14)25-8-10-2-3-11(17)6-12(10)18/h2-7H,8H2,1H3,(H3,20,22,23)/b21-7+. The Morgan fingerprint density at radius 3 is 2.64 bits per heavy atom. The first-order valence-corrected chi connectivity index (χ1v) is 8.07. The van der Waals surface area contributed by atoms with E-state index in [1.54, 1.807) is 30.3 Å². The molecule has 132 valence electrons. The summed E-state index contributed by atoms with van der Waals surface area (Å²) in [6.07, 6.45) is 1.37. The Kier molecular flexibility index (Phi) is 6.75. The molecule has 2 aromatic rings. The zero-order chi connectivity index (χ0) is 18.4. The summed E-state index contributed by atoms with van der Waals surface area (Å²) in [5, 5.41) is 5.01. The number of hydrazone groups is 1. The van der Waals surface area contributed by atoms with Crippen molar-refractivity contribution in [3.05, 3.63) is 56.5 Å². The lowest BCUT2D eigenvalue weighted by Gasteiger charge is -2.14. The fraction of sp³-hybridized carbons (Fsp3) is 0.125. The summed E-state index contributed by atoms with van der Waals surface area (Å²) >= 11 is 18.3. The van der Waals surface area contributed by atoms with E-state index < -0.39 is 6.03 Å². The maximum Gasteiger partial charge on any atom is 0.332 e. The number of nitrogens with zero attached hydrogens (tertiary/aromatic N) is 1. The van der Waals surface area contributed by atoms with Gasteiger partial charge in [-0.25, -0.2) is 10.2 Å². The fourth-order valence-corrected chi connectivity index (χ4v) is 2.65. The zero-order valence-electron chi connectivity index (χ0n) is 13.1. The van der Waals surface area contributed by atoms with Crippen LogP contribution in [0.4, 0.5) is 4.79 Å². The Morgan fingerprint density at radius 1 is 1.24 bits per heavy atom. The Bertz CT molecular complexity index is 813. The second kappa shape index (κ2) is 8.80. The molecule has 3 N–H and O–H groups in total. The van der Waals surface area contributed by atoms with E-state index in [2.05, 4.69) is 10.5 Å². The molecule has 0 atom stereocenters. The van der Waals surface area contributed by atoms with Gasteiger partial charge in [0.15, 0.2) is 11.5 Å². The average molecular weight is 403 g/mol. The average Bonchev–Trinajstić information content (AvgIpc) is 2.54. The first-order valence-electron chi connectivity index (χ1n) is 6.93. The predicted octanol–water partition coefficient (Wildman–Crippen LogP) is 4.24. The molecule has 0 heterocycles. The minimum Gasteiger partial charge on any atom is -0.493 e. The van der Waals surface area contributed by atoms with E-state index in [0.29, 0.717) is 32.1 Å². The highest BCUT2D eigenvalue weighted by atomic mass is 35.5. The van der Waals surface area contributed by atoms with Crippen molar-refractivity contribution >= 4 is 47.0 Å². The number of ether oxygens (including phenoxy) is 2. The highest BCUT2D eigenvalue weighted by molar-refractivity contribution is 6.35. The van der Waals surface area contributed by atoms with Crippen LogP contribution in [0.1, 0.15) is 11.1 Å². The van der Waals surface area contributed by atoms with Crippen LogP contribution in [0.25, 0.3) is 0 Å². The molecule has 6 nitrogen and oxygen atoms in total. The molecule has 0 spiro atoms. The number of halogens is 3. The number of rotatable bonds is 6.